The third-order valence-corrected chi connectivity index (χ3v) is 6.57. The van der Waals surface area contributed by atoms with Crippen LogP contribution in [0.25, 0.3) is 11.1 Å². The van der Waals surface area contributed by atoms with Crippen LogP contribution in [0.2, 0.25) is 0 Å². The highest BCUT2D eigenvalue weighted by atomic mass is 16.6. The summed E-state index contributed by atoms with van der Waals surface area (Å²) < 4.78 is 10.9. The van der Waals surface area contributed by atoms with E-state index in [1.807, 2.05) is 24.3 Å². The minimum absolute atomic E-state index is 0.0503. The molecule has 1 unspecified atom stereocenters. The van der Waals surface area contributed by atoms with Gasteiger partial charge in [0.25, 0.3) is 0 Å². The fraction of sp³-hybridized carbons (Fsp3) is 0.483. The van der Waals surface area contributed by atoms with E-state index in [1.54, 1.807) is 34.6 Å². The van der Waals surface area contributed by atoms with Crippen LogP contribution >= 0.6 is 0 Å². The molecule has 37 heavy (non-hydrogen) atoms. The van der Waals surface area contributed by atoms with E-state index in [0.29, 0.717) is 25.8 Å². The minimum Gasteiger partial charge on any atom is -0.449 e. The van der Waals surface area contributed by atoms with E-state index in [-0.39, 0.29) is 12.5 Å². The molecule has 0 heterocycles. The molecule has 0 spiro atoms. The van der Waals surface area contributed by atoms with Crippen LogP contribution in [0.1, 0.15) is 70.9 Å². The van der Waals surface area contributed by atoms with Crippen molar-refractivity contribution < 1.29 is 23.9 Å². The molecule has 0 saturated carbocycles. The molecule has 0 aromatic heterocycles. The van der Waals surface area contributed by atoms with Crippen molar-refractivity contribution in [1.29, 1.82) is 0 Å². The number of carbonyl (C=O) groups excluding carboxylic acids is 3. The van der Waals surface area contributed by atoms with Crippen molar-refractivity contribution in [3.05, 3.63) is 59.7 Å². The number of hydrogen-bond acceptors (Lipinski definition) is 5. The van der Waals surface area contributed by atoms with Gasteiger partial charge in [-0.05, 0) is 69.7 Å². The molecule has 1 aliphatic carbocycles. The van der Waals surface area contributed by atoms with Gasteiger partial charge in [0, 0.05) is 18.0 Å². The highest BCUT2D eigenvalue weighted by Crippen LogP contribution is 2.44. The Labute approximate surface area is 219 Å². The second kappa shape index (κ2) is 11.7. The topological polar surface area (TPSA) is 120 Å². The van der Waals surface area contributed by atoms with E-state index in [0.717, 1.165) is 22.3 Å². The van der Waals surface area contributed by atoms with Gasteiger partial charge < -0.3 is 25.8 Å². The lowest BCUT2D eigenvalue weighted by molar-refractivity contribution is -0.124. The summed E-state index contributed by atoms with van der Waals surface area (Å²) in [7, 11) is 0. The number of ether oxygens (including phenoxy) is 2. The first kappa shape index (κ1) is 28.0. The van der Waals surface area contributed by atoms with Gasteiger partial charge in [-0.3, -0.25) is 4.79 Å². The molecule has 200 valence electrons. The monoisotopic (exact) mass is 509 g/mol. The molecular weight excluding hydrogens is 470 g/mol. The fourth-order valence-corrected chi connectivity index (χ4v) is 4.82. The lowest BCUT2D eigenvalue weighted by Crippen LogP contribution is -2.53. The number of carbonyl (C=O) groups is 3. The number of nitrogens with two attached hydrogens (primary N) is 1. The average Bonchev–Trinajstić information content (AvgIpc) is 3.12. The number of alkyl carbamates (subject to hydrolysis) is 2. The maximum Gasteiger partial charge on any atom is 0.407 e. The van der Waals surface area contributed by atoms with E-state index >= 15 is 0 Å². The molecule has 0 aliphatic heterocycles. The van der Waals surface area contributed by atoms with Crippen molar-refractivity contribution in [2.75, 3.05) is 13.2 Å². The first-order valence-electron chi connectivity index (χ1n) is 12.8. The second-order valence-electron chi connectivity index (χ2n) is 11.1. The summed E-state index contributed by atoms with van der Waals surface area (Å²) in [4.78, 5) is 36.8. The van der Waals surface area contributed by atoms with Gasteiger partial charge in [-0.2, -0.15) is 0 Å². The molecule has 1 atom stereocenters. The Hall–Kier alpha value is -3.55. The molecule has 0 saturated heterocycles. The number of amides is 3. The highest BCUT2D eigenvalue weighted by Gasteiger charge is 2.36. The van der Waals surface area contributed by atoms with Gasteiger partial charge in [-0.1, -0.05) is 55.0 Å². The van der Waals surface area contributed by atoms with Crippen LogP contribution in [0.15, 0.2) is 48.5 Å². The molecule has 3 amide bonds. The predicted octanol–water partition coefficient (Wildman–Crippen LogP) is 5.10. The molecular formula is C29H39N3O5. The third kappa shape index (κ3) is 7.47. The lowest BCUT2D eigenvalue weighted by Gasteiger charge is -2.33. The number of unbranched alkanes of at least 4 members (excludes halogenated alkanes) is 1. The minimum atomic E-state index is -0.910. The summed E-state index contributed by atoms with van der Waals surface area (Å²) >= 11 is 0. The SMILES string of the molecule is CC(C)(C)OC(=O)NCCCCC(C(N)=O)C(C)(C)NC(=O)OCC1c2ccccc2-c2ccccc21. The van der Waals surface area contributed by atoms with Gasteiger partial charge >= 0.3 is 12.2 Å². The molecule has 4 N–H and O–H groups in total. The third-order valence-electron chi connectivity index (χ3n) is 6.57. The number of rotatable bonds is 10. The van der Waals surface area contributed by atoms with Crippen molar-refractivity contribution in [3.63, 3.8) is 0 Å². The Morgan fingerprint density at radius 2 is 1.46 bits per heavy atom. The van der Waals surface area contributed by atoms with Crippen molar-refractivity contribution in [1.82, 2.24) is 10.6 Å². The van der Waals surface area contributed by atoms with Crippen molar-refractivity contribution in [2.45, 2.75) is 70.9 Å². The van der Waals surface area contributed by atoms with Crippen molar-refractivity contribution >= 4 is 18.1 Å². The zero-order valence-electron chi connectivity index (χ0n) is 22.4. The molecule has 3 rings (SSSR count). The van der Waals surface area contributed by atoms with Gasteiger partial charge in [0.05, 0.1) is 5.92 Å². The van der Waals surface area contributed by atoms with Crippen LogP contribution in [0.3, 0.4) is 0 Å². The van der Waals surface area contributed by atoms with Crippen LogP contribution < -0.4 is 16.4 Å². The largest absolute Gasteiger partial charge is 0.449 e. The smallest absolute Gasteiger partial charge is 0.407 e. The quantitative estimate of drug-likeness (QED) is 0.385. The van der Waals surface area contributed by atoms with E-state index in [4.69, 9.17) is 15.2 Å². The summed E-state index contributed by atoms with van der Waals surface area (Å²) in [6.07, 6.45) is 0.673. The Bertz CT molecular complexity index is 1080. The number of fused-ring (bicyclic) bond motifs is 3. The van der Waals surface area contributed by atoms with Crippen molar-refractivity contribution in [3.8, 4) is 11.1 Å². The first-order chi connectivity index (χ1) is 17.4. The molecule has 0 fully saturated rings. The van der Waals surface area contributed by atoms with Gasteiger partial charge in [0.1, 0.15) is 12.2 Å². The maximum atomic E-state index is 12.8. The zero-order valence-corrected chi connectivity index (χ0v) is 22.4. The second-order valence-corrected chi connectivity index (χ2v) is 11.1. The summed E-state index contributed by atoms with van der Waals surface area (Å²) in [5, 5.41) is 5.55. The molecule has 8 nitrogen and oxygen atoms in total. The van der Waals surface area contributed by atoms with Gasteiger partial charge in [-0.25, -0.2) is 9.59 Å². The van der Waals surface area contributed by atoms with Gasteiger partial charge in [0.2, 0.25) is 5.91 Å². The van der Waals surface area contributed by atoms with E-state index in [9.17, 15) is 14.4 Å². The van der Waals surface area contributed by atoms with E-state index in [1.165, 1.54) is 0 Å². The molecule has 1 aliphatic rings. The Morgan fingerprint density at radius 3 is 2.00 bits per heavy atom. The van der Waals surface area contributed by atoms with Crippen LogP contribution in [0, 0.1) is 5.92 Å². The molecule has 8 heteroatoms. The average molecular weight is 510 g/mol. The van der Waals surface area contributed by atoms with E-state index < -0.39 is 35.2 Å². The number of hydrogen-bond donors (Lipinski definition) is 3. The molecule has 0 bridgehead atoms. The Morgan fingerprint density at radius 1 is 0.892 bits per heavy atom. The maximum absolute atomic E-state index is 12.8. The van der Waals surface area contributed by atoms with Crippen LogP contribution in [-0.2, 0) is 14.3 Å². The fourth-order valence-electron chi connectivity index (χ4n) is 4.82. The van der Waals surface area contributed by atoms with Gasteiger partial charge in [-0.15, -0.1) is 0 Å². The molecule has 2 aromatic rings. The molecule has 0 radical (unpaired) electrons. The number of benzene rings is 2. The highest BCUT2D eigenvalue weighted by molar-refractivity contribution is 5.80. The summed E-state index contributed by atoms with van der Waals surface area (Å²) in [5.41, 5.74) is 8.79. The standard InChI is InChI=1S/C29H39N3O5/c1-28(2,3)37-26(34)31-17-11-10-16-24(25(30)33)29(4,5)32-27(35)36-18-23-21-14-8-6-12-19(21)20-13-7-9-15-22(20)23/h6-9,12-15,23-24H,10-11,16-18H2,1-5H3,(H2,30,33)(H,31,34)(H,32,35). The number of primary amides is 1. The first-order valence-corrected chi connectivity index (χ1v) is 12.8. The Kier molecular flexibility index (Phi) is 8.84. The Balaban J connectivity index is 1.51. The predicted molar refractivity (Wildman–Crippen MR) is 143 cm³/mol. The normalized spacial score (nSPS) is 13.8. The summed E-state index contributed by atoms with van der Waals surface area (Å²) in [6, 6.07) is 16.3. The van der Waals surface area contributed by atoms with Crippen LogP contribution in [0.4, 0.5) is 9.59 Å². The van der Waals surface area contributed by atoms with Gasteiger partial charge in [0.15, 0.2) is 0 Å². The van der Waals surface area contributed by atoms with Crippen molar-refractivity contribution in [2.24, 2.45) is 11.7 Å². The lowest BCUT2D eigenvalue weighted by atomic mass is 9.83. The summed E-state index contributed by atoms with van der Waals surface area (Å²) in [5.74, 6) is -1.15. The summed E-state index contributed by atoms with van der Waals surface area (Å²) in [6.45, 7) is 9.54. The number of nitrogens with one attached hydrogen (secondary N) is 2. The molecule has 2 aromatic carbocycles. The van der Waals surface area contributed by atoms with Crippen LogP contribution in [-0.4, -0.2) is 42.4 Å². The zero-order chi connectivity index (χ0) is 27.2. The van der Waals surface area contributed by atoms with E-state index in [2.05, 4.69) is 34.9 Å². The van der Waals surface area contributed by atoms with Crippen LogP contribution in [0.5, 0.6) is 0 Å².